The second-order valence-corrected chi connectivity index (χ2v) is 7.38. The average Bonchev–Trinajstić information content (AvgIpc) is 3.12. The lowest BCUT2D eigenvalue weighted by atomic mass is 10.0. The average molecular weight is 441 g/mol. The molecule has 0 amide bonds. The van der Waals surface area contributed by atoms with Crippen LogP contribution in [0.1, 0.15) is 31.8 Å². The Bertz CT molecular complexity index is 990. The summed E-state index contributed by atoms with van der Waals surface area (Å²) < 4.78 is 20.9. The van der Waals surface area contributed by atoms with Crippen molar-refractivity contribution in [2.24, 2.45) is 0 Å². The number of quaternary nitrogens is 1. The molecule has 3 rings (SSSR count). The molecule has 1 N–H and O–H groups in total. The number of rotatable bonds is 10. The first kappa shape index (κ1) is 23.5. The van der Waals surface area contributed by atoms with E-state index in [1.807, 2.05) is 0 Å². The molecule has 170 valence electrons. The van der Waals surface area contributed by atoms with E-state index in [0.717, 1.165) is 4.90 Å². The summed E-state index contributed by atoms with van der Waals surface area (Å²) in [5.74, 6) is -0.451. The molecule has 2 aromatic carbocycles. The summed E-state index contributed by atoms with van der Waals surface area (Å²) in [5, 5.41) is 12.6. The fourth-order valence-corrected chi connectivity index (χ4v) is 3.49. The third-order valence-corrected chi connectivity index (χ3v) is 5.27. The Balaban J connectivity index is 1.85. The van der Waals surface area contributed by atoms with E-state index in [-0.39, 0.29) is 17.3 Å². The fourth-order valence-electron chi connectivity index (χ4n) is 3.49. The number of hydrogen-bond donors (Lipinski definition) is 1. The predicted molar refractivity (Wildman–Crippen MR) is 115 cm³/mol. The lowest BCUT2D eigenvalue weighted by molar-refractivity contribution is -0.914. The summed E-state index contributed by atoms with van der Waals surface area (Å²) in [7, 11) is 4.57. The maximum absolute atomic E-state index is 12.9. The van der Waals surface area contributed by atoms with E-state index in [9.17, 15) is 14.7 Å². The number of carbonyl (C=O) groups excluding carboxylic acids is 2. The summed E-state index contributed by atoms with van der Waals surface area (Å²) >= 11 is 0. The maximum atomic E-state index is 12.9. The van der Waals surface area contributed by atoms with E-state index >= 15 is 0 Å². The number of esters is 1. The van der Waals surface area contributed by atoms with Crippen LogP contribution in [0.5, 0.6) is 11.5 Å². The molecule has 1 aliphatic rings. The predicted octanol–water partition coefficient (Wildman–Crippen LogP) is 0.841. The number of allylic oxidation sites excluding steroid dienone is 1. The Hall–Kier alpha value is -3.20. The molecular formula is C24H27NO7. The normalized spacial score (nSPS) is 14.0. The zero-order valence-corrected chi connectivity index (χ0v) is 18.4. The van der Waals surface area contributed by atoms with Crippen LogP contribution < -0.4 is 14.7 Å². The van der Waals surface area contributed by atoms with Gasteiger partial charge in [0.1, 0.15) is 25.4 Å². The molecule has 0 aliphatic carbocycles. The van der Waals surface area contributed by atoms with Crippen molar-refractivity contribution in [1.29, 1.82) is 0 Å². The fraction of sp³-hybridized carbons (Fsp3) is 0.333. The number of carbonyl (C=O) groups is 2. The molecule has 0 unspecified atom stereocenters. The Morgan fingerprint density at radius 1 is 1.03 bits per heavy atom. The van der Waals surface area contributed by atoms with Gasteiger partial charge in [-0.1, -0.05) is 23.9 Å². The molecule has 0 saturated carbocycles. The van der Waals surface area contributed by atoms with Crippen molar-refractivity contribution in [1.82, 2.24) is 0 Å². The topological polar surface area (TPSA) is 98.6 Å². The number of nitrogens with one attached hydrogen (secondary N) is 1. The summed E-state index contributed by atoms with van der Waals surface area (Å²) in [6.45, 7) is 2.84. The van der Waals surface area contributed by atoms with Crippen molar-refractivity contribution in [3.63, 3.8) is 0 Å². The largest absolute Gasteiger partial charge is 0.872 e. The molecule has 0 atom stereocenters. The molecular weight excluding hydrogens is 414 g/mol. The van der Waals surface area contributed by atoms with Crippen molar-refractivity contribution < 1.29 is 38.5 Å². The van der Waals surface area contributed by atoms with Gasteiger partial charge in [0.2, 0.25) is 5.78 Å². The molecule has 8 heteroatoms. The first-order valence-electron chi connectivity index (χ1n) is 10.3. The van der Waals surface area contributed by atoms with Gasteiger partial charge in [0, 0.05) is 19.8 Å². The first-order chi connectivity index (χ1) is 15.5. The zero-order chi connectivity index (χ0) is 23.1. The van der Waals surface area contributed by atoms with Crippen LogP contribution in [0.3, 0.4) is 0 Å². The van der Waals surface area contributed by atoms with Gasteiger partial charge in [0.25, 0.3) is 0 Å². The number of benzene rings is 2. The van der Waals surface area contributed by atoms with Gasteiger partial charge < -0.3 is 29.0 Å². The van der Waals surface area contributed by atoms with Gasteiger partial charge in [-0.15, -0.1) is 0 Å². The minimum absolute atomic E-state index is 0.132. The van der Waals surface area contributed by atoms with E-state index in [0.29, 0.717) is 60.9 Å². The molecule has 1 heterocycles. The maximum Gasteiger partial charge on any atom is 0.337 e. The first-order valence-corrected chi connectivity index (χ1v) is 10.3. The summed E-state index contributed by atoms with van der Waals surface area (Å²) in [5.41, 5.74) is 1.92. The summed E-state index contributed by atoms with van der Waals surface area (Å²) in [6, 6.07) is 9.53. The van der Waals surface area contributed by atoms with Gasteiger partial charge >= 0.3 is 5.97 Å². The lowest BCUT2D eigenvalue weighted by Crippen LogP contribution is -3.11. The van der Waals surface area contributed by atoms with Crippen molar-refractivity contribution in [2.75, 3.05) is 47.6 Å². The number of ketones is 1. The highest BCUT2D eigenvalue weighted by atomic mass is 16.5. The molecule has 0 fully saturated rings. The second-order valence-electron chi connectivity index (χ2n) is 7.38. The molecule has 32 heavy (non-hydrogen) atoms. The van der Waals surface area contributed by atoms with E-state index in [1.165, 1.54) is 19.2 Å². The molecule has 0 spiro atoms. The van der Waals surface area contributed by atoms with Crippen LogP contribution in [0.4, 0.5) is 0 Å². The third kappa shape index (κ3) is 5.34. The Kier molecular flexibility index (Phi) is 7.99. The number of Topliss-reactive ketones (excluding diaryl/α,β-unsaturated/α-hetero) is 1. The molecule has 8 nitrogen and oxygen atoms in total. The number of fused-ring (bicyclic) bond motifs is 1. The van der Waals surface area contributed by atoms with E-state index in [4.69, 9.17) is 18.9 Å². The van der Waals surface area contributed by atoms with Crippen LogP contribution in [-0.2, 0) is 20.8 Å². The van der Waals surface area contributed by atoms with Gasteiger partial charge in [-0.05, 0) is 29.8 Å². The quantitative estimate of drug-likeness (QED) is 0.431. The van der Waals surface area contributed by atoms with Crippen LogP contribution in [0.25, 0.3) is 6.08 Å². The SMILES string of the molecule is COCC[NH+](CCOC)Cc1c([O-])ccc2c1O/C(=C\c1ccc(C(=O)OC)cc1)C2=O. The second kappa shape index (κ2) is 10.9. The Morgan fingerprint density at radius 2 is 1.69 bits per heavy atom. The summed E-state index contributed by atoms with van der Waals surface area (Å²) in [4.78, 5) is 25.6. The monoisotopic (exact) mass is 441 g/mol. The minimum Gasteiger partial charge on any atom is -0.872 e. The minimum atomic E-state index is -0.439. The molecule has 0 radical (unpaired) electrons. The zero-order valence-electron chi connectivity index (χ0n) is 18.4. The molecule has 0 saturated heterocycles. The van der Waals surface area contributed by atoms with Crippen molar-refractivity contribution in [2.45, 2.75) is 6.54 Å². The molecule has 2 aromatic rings. The van der Waals surface area contributed by atoms with E-state index in [1.54, 1.807) is 44.6 Å². The molecule has 1 aliphatic heterocycles. The Labute approximate surface area is 187 Å². The number of hydrogen-bond acceptors (Lipinski definition) is 7. The van der Waals surface area contributed by atoms with E-state index in [2.05, 4.69) is 0 Å². The van der Waals surface area contributed by atoms with Crippen LogP contribution in [0, 0.1) is 0 Å². The van der Waals surface area contributed by atoms with Gasteiger partial charge in [0.15, 0.2) is 5.76 Å². The van der Waals surface area contributed by atoms with Gasteiger partial charge in [0.05, 0.1) is 31.5 Å². The van der Waals surface area contributed by atoms with Crippen LogP contribution in [0.2, 0.25) is 0 Å². The van der Waals surface area contributed by atoms with Crippen LogP contribution >= 0.6 is 0 Å². The standard InChI is InChI=1S/C24H27NO7/c1-29-12-10-25(11-13-30-2)15-19-20(26)9-8-18-22(27)21(32-23(18)19)14-16-4-6-17(7-5-16)24(28)31-3/h4-9,14,26H,10-13,15H2,1-3H3/b21-14-. The lowest BCUT2D eigenvalue weighted by Gasteiger charge is -2.23. The van der Waals surface area contributed by atoms with Gasteiger partial charge in [-0.3, -0.25) is 4.79 Å². The van der Waals surface area contributed by atoms with E-state index < -0.39 is 5.97 Å². The number of ether oxygens (including phenoxy) is 4. The van der Waals surface area contributed by atoms with Crippen LogP contribution in [0.15, 0.2) is 42.2 Å². The summed E-state index contributed by atoms with van der Waals surface area (Å²) in [6.07, 6.45) is 1.60. The van der Waals surface area contributed by atoms with Crippen LogP contribution in [-0.4, -0.2) is 59.4 Å². The molecule has 0 aromatic heterocycles. The van der Waals surface area contributed by atoms with Gasteiger partial charge in [-0.2, -0.15) is 0 Å². The van der Waals surface area contributed by atoms with Gasteiger partial charge in [-0.25, -0.2) is 4.79 Å². The highest BCUT2D eigenvalue weighted by molar-refractivity contribution is 6.15. The smallest absolute Gasteiger partial charge is 0.337 e. The van der Waals surface area contributed by atoms with Crippen molar-refractivity contribution in [3.8, 4) is 11.5 Å². The van der Waals surface area contributed by atoms with Crippen molar-refractivity contribution >= 4 is 17.8 Å². The molecule has 0 bridgehead atoms. The third-order valence-electron chi connectivity index (χ3n) is 5.27. The van der Waals surface area contributed by atoms with Crippen molar-refractivity contribution in [3.05, 3.63) is 64.4 Å². The highest BCUT2D eigenvalue weighted by Crippen LogP contribution is 2.38. The highest BCUT2D eigenvalue weighted by Gasteiger charge is 2.31. The number of methoxy groups -OCH3 is 3. The Morgan fingerprint density at radius 3 is 2.28 bits per heavy atom.